The Morgan fingerprint density at radius 3 is 1.06 bits per heavy atom. The van der Waals surface area contributed by atoms with Gasteiger partial charge in [-0.05, 0) is 0 Å². The minimum Gasteiger partial charge on any atom is -0.333 e. The molecule has 0 aliphatic heterocycles. The zero-order valence-electron chi connectivity index (χ0n) is 8.21. The van der Waals surface area contributed by atoms with E-state index in [1.54, 1.807) is 0 Å². The Bertz CT molecular complexity index is 310. The first-order valence-electron chi connectivity index (χ1n) is 3.82. The molecule has 0 radical (unpaired) electrons. The molecule has 9 N–H and O–H groups in total. The van der Waals surface area contributed by atoms with Crippen molar-refractivity contribution in [2.45, 2.75) is 0 Å². The quantitative estimate of drug-likeness (QED) is 0.317. The SMILES string of the molecule is NP(=O)(O)CN(CP(N)(=O)O)CP(N)(=O)O. The molecule has 0 bridgehead atoms. The maximum atomic E-state index is 10.9. The van der Waals surface area contributed by atoms with Crippen LogP contribution in [0.1, 0.15) is 0 Å². The Kier molecular flexibility index (Phi) is 5.51. The maximum absolute atomic E-state index is 10.9. The molecule has 3 unspecified atom stereocenters. The summed E-state index contributed by atoms with van der Waals surface area (Å²) in [5, 5.41) is 0. The van der Waals surface area contributed by atoms with Crippen molar-refractivity contribution in [3.05, 3.63) is 0 Å². The van der Waals surface area contributed by atoms with Crippen molar-refractivity contribution in [2.75, 3.05) is 18.9 Å². The molecule has 16 heavy (non-hydrogen) atoms. The first-order chi connectivity index (χ1) is 6.79. The average molecular weight is 296 g/mol. The van der Waals surface area contributed by atoms with Crippen LogP contribution in [0.15, 0.2) is 0 Å². The molecule has 3 atom stereocenters. The second-order valence-electron chi connectivity index (χ2n) is 3.36. The molecule has 0 aromatic heterocycles. The molecular weight excluding hydrogens is 281 g/mol. The lowest BCUT2D eigenvalue weighted by atomic mass is 11.0. The summed E-state index contributed by atoms with van der Waals surface area (Å²) >= 11 is 0. The Hall–Kier alpha value is 0.410. The van der Waals surface area contributed by atoms with Crippen LogP contribution < -0.4 is 16.5 Å². The number of hydrogen-bond acceptors (Lipinski definition) is 4. The second-order valence-corrected chi connectivity index (χ2v) is 8.74. The van der Waals surface area contributed by atoms with Crippen molar-refractivity contribution in [1.82, 2.24) is 4.90 Å². The van der Waals surface area contributed by atoms with Gasteiger partial charge in [0.25, 0.3) is 22.6 Å². The highest BCUT2D eigenvalue weighted by Crippen LogP contribution is 2.40. The van der Waals surface area contributed by atoms with Gasteiger partial charge in [-0.3, -0.25) is 35.1 Å². The molecule has 0 saturated carbocycles. The van der Waals surface area contributed by atoms with Crippen molar-refractivity contribution in [3.8, 4) is 0 Å². The smallest absolute Gasteiger partial charge is 0.278 e. The predicted octanol–water partition coefficient (Wildman–Crippen LogP) is -1.41. The summed E-state index contributed by atoms with van der Waals surface area (Å²) in [7, 11) is -12.1. The molecule has 10 nitrogen and oxygen atoms in total. The number of hydrogen-bond donors (Lipinski definition) is 6. The van der Waals surface area contributed by atoms with Gasteiger partial charge in [-0.2, -0.15) is 0 Å². The van der Waals surface area contributed by atoms with Crippen LogP contribution in [0.2, 0.25) is 0 Å². The standard InChI is InChI=1S/C3H15N4O6P3/c4-14(8,9)1-7(2-15(5,10)11)3-16(6,12)13/h1-3H2,(H3,4,8,9)(H3,5,10,11)(H3,6,12,13). The van der Waals surface area contributed by atoms with E-state index in [4.69, 9.17) is 31.2 Å². The molecule has 0 aromatic rings. The van der Waals surface area contributed by atoms with Crippen LogP contribution in [-0.4, -0.2) is 38.4 Å². The van der Waals surface area contributed by atoms with E-state index < -0.39 is 41.4 Å². The van der Waals surface area contributed by atoms with Crippen molar-refractivity contribution < 1.29 is 28.4 Å². The van der Waals surface area contributed by atoms with Crippen LogP contribution in [0.25, 0.3) is 0 Å². The van der Waals surface area contributed by atoms with E-state index in [-0.39, 0.29) is 0 Å². The van der Waals surface area contributed by atoms with Gasteiger partial charge >= 0.3 is 0 Å². The highest BCUT2D eigenvalue weighted by Gasteiger charge is 2.27. The fourth-order valence-corrected chi connectivity index (χ4v) is 3.79. The minimum atomic E-state index is -4.04. The first kappa shape index (κ1) is 16.4. The van der Waals surface area contributed by atoms with E-state index in [0.29, 0.717) is 4.90 Å². The fourth-order valence-electron chi connectivity index (χ4n) is 0.994. The maximum Gasteiger partial charge on any atom is 0.278 e. The lowest BCUT2D eigenvalue weighted by Crippen LogP contribution is -2.31. The van der Waals surface area contributed by atoms with Gasteiger partial charge in [0.2, 0.25) is 0 Å². The summed E-state index contributed by atoms with van der Waals surface area (Å²) in [6.45, 7) is 0. The normalized spacial score (nSPS) is 23.4. The van der Waals surface area contributed by atoms with Crippen molar-refractivity contribution in [1.29, 1.82) is 0 Å². The van der Waals surface area contributed by atoms with Gasteiger partial charge < -0.3 is 14.7 Å². The average Bonchev–Trinajstić information content (AvgIpc) is 1.70. The molecule has 0 heterocycles. The summed E-state index contributed by atoms with van der Waals surface area (Å²) in [5.74, 6) is 0. The summed E-state index contributed by atoms with van der Waals surface area (Å²) in [5.41, 5.74) is 14.5. The van der Waals surface area contributed by atoms with Crippen LogP contribution >= 0.6 is 22.6 Å². The van der Waals surface area contributed by atoms with Crippen molar-refractivity contribution in [3.63, 3.8) is 0 Å². The predicted molar refractivity (Wildman–Crippen MR) is 58.5 cm³/mol. The fraction of sp³-hybridized carbons (Fsp3) is 1.00. The molecule has 13 heteroatoms. The Labute approximate surface area is 91.9 Å². The van der Waals surface area contributed by atoms with Crippen LogP contribution in [0.5, 0.6) is 0 Å². The van der Waals surface area contributed by atoms with Gasteiger partial charge in [-0.1, -0.05) is 0 Å². The summed E-state index contributed by atoms with van der Waals surface area (Å²) in [6.07, 6.45) is -2.26. The molecule has 0 amide bonds. The van der Waals surface area contributed by atoms with E-state index in [1.807, 2.05) is 0 Å². The van der Waals surface area contributed by atoms with E-state index >= 15 is 0 Å². The third kappa shape index (κ3) is 10.9. The lowest BCUT2D eigenvalue weighted by Gasteiger charge is -2.24. The monoisotopic (exact) mass is 296 g/mol. The molecule has 0 rings (SSSR count). The number of nitrogens with zero attached hydrogens (tertiary/aromatic N) is 1. The Balaban J connectivity index is 4.72. The van der Waals surface area contributed by atoms with Crippen LogP contribution in [0.4, 0.5) is 0 Å². The molecule has 0 saturated heterocycles. The van der Waals surface area contributed by atoms with Gasteiger partial charge in [-0.25, -0.2) is 0 Å². The summed E-state index contributed by atoms with van der Waals surface area (Å²) in [4.78, 5) is 27.3. The number of rotatable bonds is 6. The molecule has 0 spiro atoms. The molecule has 0 aromatic carbocycles. The molecule has 0 aliphatic rings. The molecular formula is C3H15N4O6P3. The van der Waals surface area contributed by atoms with E-state index in [2.05, 4.69) is 0 Å². The van der Waals surface area contributed by atoms with Gasteiger partial charge in [0.1, 0.15) is 0 Å². The molecule has 98 valence electrons. The summed E-state index contributed by atoms with van der Waals surface area (Å²) in [6, 6.07) is 0. The third-order valence-corrected chi connectivity index (χ3v) is 3.62. The lowest BCUT2D eigenvalue weighted by molar-refractivity contribution is 0.348. The zero-order chi connectivity index (χ0) is 13.2. The van der Waals surface area contributed by atoms with Crippen molar-refractivity contribution >= 4 is 22.6 Å². The van der Waals surface area contributed by atoms with Gasteiger partial charge in [0.05, 0.1) is 18.9 Å². The Morgan fingerprint density at radius 2 is 0.938 bits per heavy atom. The van der Waals surface area contributed by atoms with Gasteiger partial charge in [-0.15, -0.1) is 0 Å². The van der Waals surface area contributed by atoms with Crippen LogP contribution in [0.3, 0.4) is 0 Å². The number of nitrogens with two attached hydrogens (primary N) is 3. The first-order valence-corrected chi connectivity index (χ1v) is 9.56. The van der Waals surface area contributed by atoms with Gasteiger partial charge in [0.15, 0.2) is 0 Å². The van der Waals surface area contributed by atoms with E-state index in [0.717, 1.165) is 0 Å². The minimum absolute atomic E-state index is 0.711. The van der Waals surface area contributed by atoms with Crippen molar-refractivity contribution in [2.24, 2.45) is 16.5 Å². The van der Waals surface area contributed by atoms with Crippen LogP contribution in [-0.2, 0) is 13.7 Å². The Morgan fingerprint density at radius 1 is 0.750 bits per heavy atom. The summed E-state index contributed by atoms with van der Waals surface area (Å²) < 4.78 is 32.6. The van der Waals surface area contributed by atoms with E-state index in [9.17, 15) is 13.7 Å². The molecule has 0 fully saturated rings. The highest BCUT2D eigenvalue weighted by atomic mass is 31.2. The highest BCUT2D eigenvalue weighted by molar-refractivity contribution is 7.57. The third-order valence-electron chi connectivity index (χ3n) is 1.21. The largest absolute Gasteiger partial charge is 0.333 e. The van der Waals surface area contributed by atoms with Crippen LogP contribution in [0, 0.1) is 0 Å². The van der Waals surface area contributed by atoms with E-state index in [1.165, 1.54) is 0 Å². The van der Waals surface area contributed by atoms with Gasteiger partial charge in [0, 0.05) is 0 Å². The topological polar surface area (TPSA) is 193 Å². The molecule has 0 aliphatic carbocycles. The zero-order valence-corrected chi connectivity index (χ0v) is 10.9. The second kappa shape index (κ2) is 5.37.